The van der Waals surface area contributed by atoms with Crippen LogP contribution in [0.3, 0.4) is 0 Å². The van der Waals surface area contributed by atoms with E-state index in [0.717, 1.165) is 30.9 Å². The fourth-order valence-electron chi connectivity index (χ4n) is 2.90. The molecule has 20 heavy (non-hydrogen) atoms. The summed E-state index contributed by atoms with van der Waals surface area (Å²) < 4.78 is 5.79. The molecule has 2 heterocycles. The van der Waals surface area contributed by atoms with Crippen LogP contribution in [0.1, 0.15) is 25.7 Å². The normalized spacial score (nSPS) is 21.2. The van der Waals surface area contributed by atoms with Crippen LogP contribution in [0.2, 0.25) is 10.0 Å². The third-order valence-electron chi connectivity index (χ3n) is 4.09. The number of aromatic nitrogens is 1. The number of piperidine rings is 1. The standard InChI is InChI=1S/C15H18Cl2N2O/c1-9(10-3-2-4-18-8-10)5-14-19-13-7-11(16)6-12(17)15(13)20-14/h6-7,9-10,18H,2-5,8H2,1H3. The molecule has 1 N–H and O–H groups in total. The van der Waals surface area contributed by atoms with Crippen LogP contribution in [-0.4, -0.2) is 18.1 Å². The molecule has 1 saturated heterocycles. The van der Waals surface area contributed by atoms with E-state index in [-0.39, 0.29) is 0 Å². The maximum Gasteiger partial charge on any atom is 0.195 e. The second-order valence-corrected chi connectivity index (χ2v) is 6.47. The Morgan fingerprint density at radius 1 is 1.45 bits per heavy atom. The van der Waals surface area contributed by atoms with E-state index < -0.39 is 0 Å². The van der Waals surface area contributed by atoms with E-state index in [4.69, 9.17) is 27.6 Å². The highest BCUT2D eigenvalue weighted by Gasteiger charge is 2.22. The van der Waals surface area contributed by atoms with E-state index in [1.807, 2.05) is 0 Å². The predicted octanol–water partition coefficient (Wildman–Crippen LogP) is 4.31. The molecule has 0 spiro atoms. The summed E-state index contributed by atoms with van der Waals surface area (Å²) in [4.78, 5) is 4.51. The van der Waals surface area contributed by atoms with Crippen LogP contribution in [0.15, 0.2) is 16.5 Å². The summed E-state index contributed by atoms with van der Waals surface area (Å²) in [7, 11) is 0. The Kier molecular flexibility index (Phi) is 4.20. The molecule has 1 aliphatic rings. The van der Waals surface area contributed by atoms with Crippen molar-refractivity contribution in [1.29, 1.82) is 0 Å². The van der Waals surface area contributed by atoms with Crippen molar-refractivity contribution in [2.45, 2.75) is 26.2 Å². The summed E-state index contributed by atoms with van der Waals surface area (Å²) in [6, 6.07) is 3.48. The molecule has 0 bridgehead atoms. The largest absolute Gasteiger partial charge is 0.439 e. The lowest BCUT2D eigenvalue weighted by atomic mass is 9.85. The van der Waals surface area contributed by atoms with Crippen LogP contribution < -0.4 is 5.32 Å². The average Bonchev–Trinajstić information content (AvgIpc) is 2.82. The molecular formula is C15H18Cl2N2O. The van der Waals surface area contributed by atoms with Crippen molar-refractivity contribution in [3.63, 3.8) is 0 Å². The van der Waals surface area contributed by atoms with Crippen molar-refractivity contribution in [1.82, 2.24) is 10.3 Å². The summed E-state index contributed by atoms with van der Waals surface area (Å²) in [6.07, 6.45) is 3.37. The molecule has 108 valence electrons. The highest BCUT2D eigenvalue weighted by atomic mass is 35.5. The summed E-state index contributed by atoms with van der Waals surface area (Å²) >= 11 is 12.1. The lowest BCUT2D eigenvalue weighted by Crippen LogP contribution is -2.33. The summed E-state index contributed by atoms with van der Waals surface area (Å²) in [5, 5.41) is 4.57. The van der Waals surface area contributed by atoms with Gasteiger partial charge >= 0.3 is 0 Å². The van der Waals surface area contributed by atoms with Crippen molar-refractivity contribution in [3.05, 3.63) is 28.1 Å². The van der Waals surface area contributed by atoms with Gasteiger partial charge in [0.05, 0.1) is 5.02 Å². The fraction of sp³-hybridized carbons (Fsp3) is 0.533. The van der Waals surface area contributed by atoms with E-state index in [1.165, 1.54) is 12.8 Å². The fourth-order valence-corrected chi connectivity index (χ4v) is 3.42. The minimum atomic E-state index is 0.526. The summed E-state index contributed by atoms with van der Waals surface area (Å²) in [6.45, 7) is 4.50. The molecule has 0 radical (unpaired) electrons. The first-order valence-corrected chi connectivity index (χ1v) is 7.84. The zero-order chi connectivity index (χ0) is 14.1. The van der Waals surface area contributed by atoms with Gasteiger partial charge in [-0.05, 0) is 49.9 Å². The van der Waals surface area contributed by atoms with E-state index in [9.17, 15) is 0 Å². The lowest BCUT2D eigenvalue weighted by molar-refractivity contribution is 0.267. The molecule has 1 fully saturated rings. The number of hydrogen-bond acceptors (Lipinski definition) is 3. The molecule has 0 aliphatic carbocycles. The Morgan fingerprint density at radius 3 is 3.05 bits per heavy atom. The number of benzene rings is 1. The highest BCUT2D eigenvalue weighted by molar-refractivity contribution is 6.37. The number of rotatable bonds is 3. The molecule has 2 aromatic rings. The number of oxazole rings is 1. The Hall–Kier alpha value is -0.770. The smallest absolute Gasteiger partial charge is 0.195 e. The molecule has 5 heteroatoms. The topological polar surface area (TPSA) is 38.1 Å². The van der Waals surface area contributed by atoms with Gasteiger partial charge in [0.25, 0.3) is 0 Å². The van der Waals surface area contributed by atoms with Crippen molar-refractivity contribution in [3.8, 4) is 0 Å². The van der Waals surface area contributed by atoms with Crippen molar-refractivity contribution >= 4 is 34.3 Å². The predicted molar refractivity (Wildman–Crippen MR) is 82.5 cm³/mol. The Bertz CT molecular complexity index is 605. The molecule has 2 unspecified atom stereocenters. The van der Waals surface area contributed by atoms with Crippen molar-refractivity contribution < 1.29 is 4.42 Å². The first kappa shape index (κ1) is 14.2. The number of nitrogens with one attached hydrogen (secondary N) is 1. The van der Waals surface area contributed by atoms with Gasteiger partial charge in [-0.1, -0.05) is 30.1 Å². The Labute approximate surface area is 128 Å². The molecular weight excluding hydrogens is 295 g/mol. The zero-order valence-electron chi connectivity index (χ0n) is 11.5. The van der Waals surface area contributed by atoms with E-state index in [0.29, 0.717) is 27.5 Å². The van der Waals surface area contributed by atoms with Crippen LogP contribution >= 0.6 is 23.2 Å². The van der Waals surface area contributed by atoms with Crippen LogP contribution in [0.25, 0.3) is 11.1 Å². The molecule has 2 atom stereocenters. The summed E-state index contributed by atoms with van der Waals surface area (Å²) in [5.74, 6) is 1.99. The number of halogens is 2. The van der Waals surface area contributed by atoms with Crippen molar-refractivity contribution in [2.75, 3.05) is 13.1 Å². The monoisotopic (exact) mass is 312 g/mol. The molecule has 1 aliphatic heterocycles. The van der Waals surface area contributed by atoms with Gasteiger partial charge in [0.2, 0.25) is 0 Å². The van der Waals surface area contributed by atoms with E-state index in [1.54, 1.807) is 12.1 Å². The Morgan fingerprint density at radius 2 is 2.30 bits per heavy atom. The van der Waals surface area contributed by atoms with Gasteiger partial charge in [-0.3, -0.25) is 0 Å². The number of nitrogens with zero attached hydrogens (tertiary/aromatic N) is 1. The quantitative estimate of drug-likeness (QED) is 0.917. The molecule has 0 amide bonds. The van der Waals surface area contributed by atoms with Gasteiger partial charge in [0, 0.05) is 11.4 Å². The molecule has 1 aromatic carbocycles. The third kappa shape index (κ3) is 2.95. The molecule has 0 saturated carbocycles. The maximum atomic E-state index is 6.13. The first-order valence-electron chi connectivity index (χ1n) is 7.08. The minimum Gasteiger partial charge on any atom is -0.439 e. The molecule has 1 aromatic heterocycles. The maximum absolute atomic E-state index is 6.13. The SMILES string of the molecule is CC(Cc1nc2cc(Cl)cc(Cl)c2o1)C1CCCNC1. The molecule has 3 rings (SSSR count). The second-order valence-electron chi connectivity index (χ2n) is 5.63. The first-order chi connectivity index (χ1) is 9.63. The highest BCUT2D eigenvalue weighted by Crippen LogP contribution is 2.30. The number of hydrogen-bond donors (Lipinski definition) is 1. The molecule has 3 nitrogen and oxygen atoms in total. The van der Waals surface area contributed by atoms with Gasteiger partial charge in [-0.25, -0.2) is 4.98 Å². The minimum absolute atomic E-state index is 0.526. The van der Waals surface area contributed by atoms with Gasteiger partial charge in [-0.2, -0.15) is 0 Å². The van der Waals surface area contributed by atoms with Crippen LogP contribution in [0.4, 0.5) is 0 Å². The lowest BCUT2D eigenvalue weighted by Gasteiger charge is -2.27. The van der Waals surface area contributed by atoms with Crippen LogP contribution in [0.5, 0.6) is 0 Å². The third-order valence-corrected chi connectivity index (χ3v) is 4.59. The Balaban J connectivity index is 1.78. The van der Waals surface area contributed by atoms with Gasteiger partial charge < -0.3 is 9.73 Å². The average molecular weight is 313 g/mol. The number of fused-ring (bicyclic) bond motifs is 1. The van der Waals surface area contributed by atoms with Crippen LogP contribution in [-0.2, 0) is 6.42 Å². The van der Waals surface area contributed by atoms with Gasteiger partial charge in [0.15, 0.2) is 11.5 Å². The van der Waals surface area contributed by atoms with E-state index >= 15 is 0 Å². The zero-order valence-corrected chi connectivity index (χ0v) is 13.0. The van der Waals surface area contributed by atoms with E-state index in [2.05, 4.69) is 17.2 Å². The van der Waals surface area contributed by atoms with Crippen LogP contribution in [0, 0.1) is 11.8 Å². The van der Waals surface area contributed by atoms with Gasteiger partial charge in [-0.15, -0.1) is 0 Å². The summed E-state index contributed by atoms with van der Waals surface area (Å²) in [5.41, 5.74) is 1.38. The van der Waals surface area contributed by atoms with Gasteiger partial charge in [0.1, 0.15) is 5.52 Å². The second kappa shape index (κ2) is 5.92. The van der Waals surface area contributed by atoms with Crippen molar-refractivity contribution in [2.24, 2.45) is 11.8 Å².